The Kier molecular flexibility index (Phi) is 3.16. The van der Waals surface area contributed by atoms with Gasteiger partial charge in [0.2, 0.25) is 0 Å². The van der Waals surface area contributed by atoms with Crippen LogP contribution in [0.2, 0.25) is 0 Å². The molecule has 1 saturated heterocycles. The summed E-state index contributed by atoms with van der Waals surface area (Å²) in [5, 5.41) is 4.16. The molecule has 2 aromatic rings. The van der Waals surface area contributed by atoms with Gasteiger partial charge >= 0.3 is 0 Å². The SMILES string of the molecule is C[C@@]12C[C@H](NC(=S)N1c1ccc(Br)cc1)c1ccccc1O2. The number of hydrogen-bond acceptors (Lipinski definition) is 2. The van der Waals surface area contributed by atoms with E-state index in [9.17, 15) is 0 Å². The van der Waals surface area contributed by atoms with E-state index < -0.39 is 5.72 Å². The van der Waals surface area contributed by atoms with E-state index in [0.29, 0.717) is 5.11 Å². The summed E-state index contributed by atoms with van der Waals surface area (Å²) in [6, 6.07) is 16.5. The van der Waals surface area contributed by atoms with Crippen LogP contribution in [0.1, 0.15) is 24.9 Å². The second-order valence-corrected chi connectivity index (χ2v) is 7.14. The lowest BCUT2D eigenvalue weighted by atomic mass is 9.90. The molecule has 0 saturated carbocycles. The summed E-state index contributed by atoms with van der Waals surface area (Å²) in [6.07, 6.45) is 0.847. The number of rotatable bonds is 1. The molecule has 2 aliphatic rings. The molecule has 0 aromatic heterocycles. The van der Waals surface area contributed by atoms with Gasteiger partial charge in [0.05, 0.1) is 6.04 Å². The molecule has 112 valence electrons. The zero-order chi connectivity index (χ0) is 15.3. The molecule has 2 aromatic carbocycles. The van der Waals surface area contributed by atoms with Crippen LogP contribution in [0.5, 0.6) is 5.75 Å². The molecule has 22 heavy (non-hydrogen) atoms. The van der Waals surface area contributed by atoms with E-state index in [4.69, 9.17) is 17.0 Å². The highest BCUT2D eigenvalue weighted by atomic mass is 79.9. The maximum atomic E-state index is 6.34. The Morgan fingerprint density at radius 2 is 1.95 bits per heavy atom. The van der Waals surface area contributed by atoms with E-state index in [1.54, 1.807) is 0 Å². The Bertz CT molecular complexity index is 749. The highest BCUT2D eigenvalue weighted by Crippen LogP contribution is 2.45. The molecule has 3 nitrogen and oxygen atoms in total. The maximum absolute atomic E-state index is 6.34. The van der Waals surface area contributed by atoms with Crippen molar-refractivity contribution in [3.8, 4) is 5.75 Å². The average Bonchev–Trinajstić information content (AvgIpc) is 2.48. The number of hydrogen-bond donors (Lipinski definition) is 1. The van der Waals surface area contributed by atoms with Crippen LogP contribution in [-0.2, 0) is 0 Å². The molecule has 2 atom stereocenters. The van der Waals surface area contributed by atoms with Gasteiger partial charge in [-0.05, 0) is 49.5 Å². The molecule has 4 rings (SSSR count). The summed E-state index contributed by atoms with van der Waals surface area (Å²) in [5.41, 5.74) is 1.73. The molecule has 1 fully saturated rings. The number of nitrogens with one attached hydrogen (secondary N) is 1. The summed E-state index contributed by atoms with van der Waals surface area (Å²) in [7, 11) is 0. The summed E-state index contributed by atoms with van der Waals surface area (Å²) in [5.74, 6) is 0.929. The lowest BCUT2D eigenvalue weighted by molar-refractivity contribution is 0.0498. The van der Waals surface area contributed by atoms with Crippen molar-refractivity contribution in [1.82, 2.24) is 5.32 Å². The Labute approximate surface area is 143 Å². The lowest BCUT2D eigenvalue weighted by Crippen LogP contribution is -2.65. The van der Waals surface area contributed by atoms with Crippen LogP contribution in [0.15, 0.2) is 53.0 Å². The van der Waals surface area contributed by atoms with E-state index >= 15 is 0 Å². The van der Waals surface area contributed by atoms with Gasteiger partial charge in [0, 0.05) is 22.1 Å². The van der Waals surface area contributed by atoms with Crippen LogP contribution in [0.25, 0.3) is 0 Å². The fourth-order valence-corrected chi connectivity index (χ4v) is 4.01. The molecule has 2 heterocycles. The van der Waals surface area contributed by atoms with Crippen molar-refractivity contribution < 1.29 is 4.74 Å². The molecule has 1 N–H and O–H groups in total. The van der Waals surface area contributed by atoms with Crippen molar-refractivity contribution in [2.24, 2.45) is 0 Å². The fourth-order valence-electron chi connectivity index (χ4n) is 3.30. The molecular formula is C17H15BrN2OS. The first kappa shape index (κ1) is 14.0. The smallest absolute Gasteiger partial charge is 0.188 e. The van der Waals surface area contributed by atoms with Crippen molar-refractivity contribution in [2.75, 3.05) is 4.90 Å². The van der Waals surface area contributed by atoms with Crippen LogP contribution >= 0.6 is 28.1 Å². The average molecular weight is 375 g/mol. The second kappa shape index (κ2) is 4.96. The number of anilines is 1. The minimum absolute atomic E-state index is 0.203. The molecule has 2 aliphatic heterocycles. The third-order valence-corrected chi connectivity index (χ3v) is 5.09. The van der Waals surface area contributed by atoms with Gasteiger partial charge in [-0.3, -0.25) is 4.90 Å². The largest absolute Gasteiger partial charge is 0.467 e. The van der Waals surface area contributed by atoms with Gasteiger partial charge in [0.25, 0.3) is 0 Å². The van der Waals surface area contributed by atoms with Crippen LogP contribution in [-0.4, -0.2) is 10.8 Å². The van der Waals surface area contributed by atoms with Crippen molar-refractivity contribution in [3.63, 3.8) is 0 Å². The Balaban J connectivity index is 1.80. The molecule has 0 spiro atoms. The molecule has 5 heteroatoms. The first-order valence-corrected chi connectivity index (χ1v) is 8.41. The van der Waals surface area contributed by atoms with Crippen molar-refractivity contribution in [3.05, 3.63) is 58.6 Å². The number of fused-ring (bicyclic) bond motifs is 4. The minimum Gasteiger partial charge on any atom is -0.467 e. The molecular weight excluding hydrogens is 360 g/mol. The molecule has 0 radical (unpaired) electrons. The zero-order valence-electron chi connectivity index (χ0n) is 12.0. The van der Waals surface area contributed by atoms with Gasteiger partial charge in [-0.25, -0.2) is 0 Å². The molecule has 0 aliphatic carbocycles. The van der Waals surface area contributed by atoms with Gasteiger partial charge in [-0.1, -0.05) is 34.1 Å². The van der Waals surface area contributed by atoms with E-state index in [2.05, 4.69) is 39.1 Å². The third-order valence-electron chi connectivity index (χ3n) is 4.27. The van der Waals surface area contributed by atoms with E-state index in [0.717, 1.165) is 22.3 Å². The van der Waals surface area contributed by atoms with Gasteiger partial charge < -0.3 is 10.1 Å². The summed E-state index contributed by atoms with van der Waals surface area (Å²) in [6.45, 7) is 2.10. The number of nitrogens with zero attached hydrogens (tertiary/aromatic N) is 1. The Morgan fingerprint density at radius 1 is 1.23 bits per heavy atom. The quantitative estimate of drug-likeness (QED) is 0.748. The topological polar surface area (TPSA) is 24.5 Å². The minimum atomic E-state index is -0.477. The lowest BCUT2D eigenvalue weighted by Gasteiger charge is -2.52. The fraction of sp³-hybridized carbons (Fsp3) is 0.235. The number of para-hydroxylation sites is 1. The first-order chi connectivity index (χ1) is 10.6. The predicted molar refractivity (Wildman–Crippen MR) is 95.2 cm³/mol. The van der Waals surface area contributed by atoms with Gasteiger partial charge in [0.1, 0.15) is 5.75 Å². The van der Waals surface area contributed by atoms with Crippen molar-refractivity contribution in [2.45, 2.75) is 25.1 Å². The van der Waals surface area contributed by atoms with Gasteiger partial charge in [0.15, 0.2) is 10.8 Å². The molecule has 2 bridgehead atoms. The number of thiocarbonyl (C=S) groups is 1. The van der Waals surface area contributed by atoms with E-state index in [1.165, 1.54) is 5.56 Å². The van der Waals surface area contributed by atoms with Crippen LogP contribution in [0, 0.1) is 0 Å². The standard InChI is InChI=1S/C17H15BrN2OS/c1-17-10-14(13-4-2-3-5-15(13)21-17)19-16(22)20(17)12-8-6-11(18)7-9-12/h2-9,14H,10H2,1H3,(H,19,22)/t14-,17+/m0/s1. The molecule has 0 amide bonds. The zero-order valence-corrected chi connectivity index (χ0v) is 14.4. The predicted octanol–water partition coefficient (Wildman–Crippen LogP) is 4.38. The highest BCUT2D eigenvalue weighted by Gasteiger charge is 2.48. The monoisotopic (exact) mass is 374 g/mol. The van der Waals surface area contributed by atoms with Crippen molar-refractivity contribution in [1.29, 1.82) is 0 Å². The summed E-state index contributed by atoms with van der Waals surface area (Å²) >= 11 is 9.09. The third kappa shape index (κ3) is 2.11. The maximum Gasteiger partial charge on any atom is 0.188 e. The van der Waals surface area contributed by atoms with Crippen LogP contribution in [0.3, 0.4) is 0 Å². The Hall–Kier alpha value is -1.59. The second-order valence-electron chi connectivity index (χ2n) is 5.83. The van der Waals surface area contributed by atoms with Gasteiger partial charge in [-0.15, -0.1) is 0 Å². The van der Waals surface area contributed by atoms with Crippen molar-refractivity contribution >= 4 is 38.9 Å². The number of halogens is 1. The molecule has 0 unspecified atom stereocenters. The van der Waals surface area contributed by atoms with Crippen LogP contribution in [0.4, 0.5) is 5.69 Å². The van der Waals surface area contributed by atoms with Gasteiger partial charge in [-0.2, -0.15) is 0 Å². The normalized spacial score (nSPS) is 26.0. The number of ether oxygens (including phenoxy) is 1. The van der Waals surface area contributed by atoms with E-state index in [-0.39, 0.29) is 6.04 Å². The van der Waals surface area contributed by atoms with Crippen LogP contribution < -0.4 is 15.0 Å². The summed E-state index contributed by atoms with van der Waals surface area (Å²) in [4.78, 5) is 2.07. The highest BCUT2D eigenvalue weighted by molar-refractivity contribution is 9.10. The Morgan fingerprint density at radius 3 is 2.73 bits per heavy atom. The number of benzene rings is 2. The van der Waals surface area contributed by atoms with E-state index in [1.807, 2.05) is 42.5 Å². The summed E-state index contributed by atoms with van der Waals surface area (Å²) < 4.78 is 7.39. The first-order valence-electron chi connectivity index (χ1n) is 7.21.